The Balaban J connectivity index is 1.44. The summed E-state index contributed by atoms with van der Waals surface area (Å²) in [7, 11) is 0. The average molecular weight is 417 g/mol. The molecule has 2 aromatic carbocycles. The van der Waals surface area contributed by atoms with E-state index in [-0.39, 0.29) is 12.5 Å². The van der Waals surface area contributed by atoms with Crippen molar-refractivity contribution in [3.8, 4) is 22.9 Å². The number of H-pyrrole nitrogens is 1. The Morgan fingerprint density at radius 2 is 1.93 bits per heavy atom. The van der Waals surface area contributed by atoms with Crippen molar-refractivity contribution < 1.29 is 14.3 Å². The van der Waals surface area contributed by atoms with Gasteiger partial charge in [0.2, 0.25) is 5.91 Å². The Hall–Kier alpha value is -2.84. The highest BCUT2D eigenvalue weighted by atomic mass is 35.5. The molecule has 0 radical (unpaired) electrons. The molecule has 144 valence electrons. The van der Waals surface area contributed by atoms with Crippen molar-refractivity contribution in [3.63, 3.8) is 0 Å². The van der Waals surface area contributed by atoms with E-state index < -0.39 is 0 Å². The summed E-state index contributed by atoms with van der Waals surface area (Å²) >= 11 is 11.2. The molecule has 0 atom stereocenters. The van der Waals surface area contributed by atoms with Crippen LogP contribution < -0.4 is 14.8 Å². The van der Waals surface area contributed by atoms with Crippen LogP contribution in [0, 0.1) is 4.77 Å². The summed E-state index contributed by atoms with van der Waals surface area (Å²) < 4.78 is 13.1. The number of fused-ring (bicyclic) bond motifs is 1. The number of benzene rings is 2. The first-order chi connectivity index (χ1) is 13.6. The predicted octanol–water partition coefficient (Wildman–Crippen LogP) is 3.35. The summed E-state index contributed by atoms with van der Waals surface area (Å²) in [6, 6.07) is 12.8. The number of aromatic nitrogens is 3. The largest absolute Gasteiger partial charge is 0.486 e. The smallest absolute Gasteiger partial charge is 0.240 e. The van der Waals surface area contributed by atoms with Crippen LogP contribution in [-0.4, -0.2) is 33.9 Å². The van der Waals surface area contributed by atoms with Gasteiger partial charge in [-0.1, -0.05) is 17.7 Å². The van der Waals surface area contributed by atoms with E-state index in [9.17, 15) is 4.79 Å². The van der Waals surface area contributed by atoms with Crippen molar-refractivity contribution in [1.29, 1.82) is 0 Å². The molecule has 4 rings (SSSR count). The Morgan fingerprint density at radius 1 is 1.18 bits per heavy atom. The van der Waals surface area contributed by atoms with Gasteiger partial charge in [-0.15, -0.1) is 0 Å². The molecule has 9 heteroatoms. The lowest BCUT2D eigenvalue weighted by Gasteiger charge is -2.19. The number of nitrogens with one attached hydrogen (secondary N) is 2. The second-order valence-corrected chi connectivity index (χ2v) is 7.02. The lowest BCUT2D eigenvalue weighted by molar-refractivity contribution is -0.121. The van der Waals surface area contributed by atoms with Crippen LogP contribution in [0.15, 0.2) is 42.5 Å². The van der Waals surface area contributed by atoms with Crippen molar-refractivity contribution in [2.24, 2.45) is 0 Å². The maximum Gasteiger partial charge on any atom is 0.240 e. The molecule has 0 bridgehead atoms. The van der Waals surface area contributed by atoms with Crippen LogP contribution in [0.4, 0.5) is 0 Å². The lowest BCUT2D eigenvalue weighted by Crippen LogP contribution is -2.27. The molecule has 0 fully saturated rings. The normalized spacial score (nSPS) is 12.6. The fraction of sp³-hybridized carbons (Fsp3) is 0.211. The van der Waals surface area contributed by atoms with Crippen LogP contribution >= 0.6 is 23.8 Å². The van der Waals surface area contributed by atoms with Gasteiger partial charge in [-0.3, -0.25) is 14.5 Å². The summed E-state index contributed by atoms with van der Waals surface area (Å²) in [5, 5.41) is 10.5. The van der Waals surface area contributed by atoms with Crippen molar-refractivity contribution in [1.82, 2.24) is 20.1 Å². The molecule has 3 aromatic rings. The number of hydrogen-bond donors (Lipinski definition) is 2. The number of rotatable bonds is 5. The monoisotopic (exact) mass is 416 g/mol. The highest BCUT2D eigenvalue weighted by molar-refractivity contribution is 7.71. The molecular formula is C19H17ClN4O3S. The predicted molar refractivity (Wildman–Crippen MR) is 107 cm³/mol. The number of halogens is 1. The molecule has 1 aliphatic rings. The summed E-state index contributed by atoms with van der Waals surface area (Å²) in [5.74, 6) is 1.82. The van der Waals surface area contributed by atoms with Crippen LogP contribution in [0.1, 0.15) is 5.56 Å². The quantitative estimate of drug-likeness (QED) is 0.623. The molecule has 0 spiro atoms. The molecule has 7 nitrogen and oxygen atoms in total. The molecule has 0 saturated heterocycles. The van der Waals surface area contributed by atoms with E-state index in [1.807, 2.05) is 30.3 Å². The molecule has 1 aliphatic heterocycles. The van der Waals surface area contributed by atoms with Crippen molar-refractivity contribution >= 4 is 29.7 Å². The average Bonchev–Trinajstić information content (AvgIpc) is 3.07. The van der Waals surface area contributed by atoms with Gasteiger partial charge in [0.1, 0.15) is 19.8 Å². The van der Waals surface area contributed by atoms with Crippen molar-refractivity contribution in [2.45, 2.75) is 13.1 Å². The molecule has 0 saturated carbocycles. The Morgan fingerprint density at radius 3 is 2.71 bits per heavy atom. The number of carbonyl (C=O) groups excluding carboxylic acids is 1. The van der Waals surface area contributed by atoms with E-state index in [0.29, 0.717) is 41.1 Å². The number of aromatic amines is 1. The molecule has 1 aromatic heterocycles. The van der Waals surface area contributed by atoms with E-state index in [2.05, 4.69) is 15.5 Å². The highest BCUT2D eigenvalue weighted by Crippen LogP contribution is 2.30. The number of amides is 1. The first kappa shape index (κ1) is 18.5. The molecule has 28 heavy (non-hydrogen) atoms. The Kier molecular flexibility index (Phi) is 5.31. The third-order valence-electron chi connectivity index (χ3n) is 4.26. The summed E-state index contributed by atoms with van der Waals surface area (Å²) in [6.07, 6.45) is 0. The Labute approximate surface area is 171 Å². The zero-order chi connectivity index (χ0) is 19.5. The van der Waals surface area contributed by atoms with Crippen molar-refractivity contribution in [3.05, 3.63) is 57.8 Å². The molecule has 0 aliphatic carbocycles. The van der Waals surface area contributed by atoms with Crippen LogP contribution in [0.2, 0.25) is 5.02 Å². The minimum Gasteiger partial charge on any atom is -0.486 e. The fourth-order valence-corrected chi connectivity index (χ4v) is 3.20. The van der Waals surface area contributed by atoms with Gasteiger partial charge in [-0.05, 0) is 54.2 Å². The minimum absolute atomic E-state index is 0.0534. The summed E-state index contributed by atoms with van der Waals surface area (Å²) in [5.41, 5.74) is 1.74. The number of hydrogen-bond acceptors (Lipinski definition) is 5. The fourth-order valence-electron chi connectivity index (χ4n) is 2.88. The van der Waals surface area contributed by atoms with Crippen molar-refractivity contribution in [2.75, 3.05) is 13.2 Å². The number of ether oxygens (including phenoxy) is 2. The van der Waals surface area contributed by atoms with Gasteiger partial charge in [-0.2, -0.15) is 5.10 Å². The minimum atomic E-state index is -0.178. The maximum atomic E-state index is 12.5. The van der Waals surface area contributed by atoms with E-state index in [1.54, 1.807) is 16.7 Å². The van der Waals surface area contributed by atoms with Gasteiger partial charge in [0.15, 0.2) is 22.1 Å². The van der Waals surface area contributed by atoms with Gasteiger partial charge >= 0.3 is 0 Å². The van der Waals surface area contributed by atoms with E-state index in [1.165, 1.54) is 0 Å². The van der Waals surface area contributed by atoms with Crippen LogP contribution in [0.5, 0.6) is 11.5 Å². The first-order valence-electron chi connectivity index (χ1n) is 8.66. The molecular weight excluding hydrogens is 400 g/mol. The topological polar surface area (TPSA) is 81.2 Å². The molecule has 1 amide bonds. The molecule has 0 unspecified atom stereocenters. The molecule has 2 heterocycles. The number of nitrogens with zero attached hydrogens (tertiary/aromatic N) is 2. The van der Waals surface area contributed by atoms with Gasteiger partial charge in [0, 0.05) is 17.1 Å². The molecule has 2 N–H and O–H groups in total. The second kappa shape index (κ2) is 8.04. The van der Waals surface area contributed by atoms with Gasteiger partial charge < -0.3 is 14.8 Å². The first-order valence-corrected chi connectivity index (χ1v) is 9.45. The highest BCUT2D eigenvalue weighted by Gasteiger charge is 2.14. The summed E-state index contributed by atoms with van der Waals surface area (Å²) in [6.45, 7) is 1.49. The van der Waals surface area contributed by atoms with E-state index in [4.69, 9.17) is 33.3 Å². The third-order valence-corrected chi connectivity index (χ3v) is 4.82. The van der Waals surface area contributed by atoms with Gasteiger partial charge in [0.25, 0.3) is 0 Å². The van der Waals surface area contributed by atoms with Gasteiger partial charge in [0.05, 0.1) is 0 Å². The zero-order valence-corrected chi connectivity index (χ0v) is 16.3. The maximum absolute atomic E-state index is 12.5. The van der Waals surface area contributed by atoms with E-state index >= 15 is 0 Å². The van der Waals surface area contributed by atoms with Crippen LogP contribution in [0.3, 0.4) is 0 Å². The van der Waals surface area contributed by atoms with E-state index in [0.717, 1.165) is 16.9 Å². The Bertz CT molecular complexity index is 1060. The zero-order valence-electron chi connectivity index (χ0n) is 14.8. The summed E-state index contributed by atoms with van der Waals surface area (Å²) in [4.78, 5) is 12.5. The van der Waals surface area contributed by atoms with Crippen LogP contribution in [-0.2, 0) is 17.9 Å². The van der Waals surface area contributed by atoms with Crippen LogP contribution in [0.25, 0.3) is 11.4 Å². The standard InChI is InChI=1S/C19H17ClN4O3S/c20-14-4-2-13(3-5-14)18-22-23-19(28)24(18)11-17(25)21-10-12-1-6-15-16(9-12)27-8-7-26-15/h1-6,9H,7-8,10-11H2,(H,21,25)(H,23,28). The second-order valence-electron chi connectivity index (χ2n) is 6.20. The lowest BCUT2D eigenvalue weighted by atomic mass is 10.2. The van der Waals surface area contributed by atoms with Gasteiger partial charge in [-0.25, -0.2) is 0 Å². The number of carbonyl (C=O) groups is 1. The SMILES string of the molecule is O=C(Cn1c(-c2ccc(Cl)cc2)n[nH]c1=S)NCc1ccc2c(c1)OCCO2. The third kappa shape index (κ3) is 4.02.